The van der Waals surface area contributed by atoms with Crippen LogP contribution in [0.15, 0.2) is 78.9 Å². The molecule has 0 saturated carbocycles. The molecule has 1 amide bonds. The molecule has 0 spiro atoms. The number of rotatable bonds is 5. The first-order valence-corrected chi connectivity index (χ1v) is 12.1. The van der Waals surface area contributed by atoms with Gasteiger partial charge in [-0.1, -0.05) is 53.5 Å². The van der Waals surface area contributed by atoms with Crippen LogP contribution in [-0.4, -0.2) is 53.9 Å². The number of nitrogens with zero attached hydrogens (tertiary/aromatic N) is 4. The Bertz CT molecular complexity index is 1360. The summed E-state index contributed by atoms with van der Waals surface area (Å²) < 4.78 is 7.04. The number of hydrogen-bond acceptors (Lipinski definition) is 4. The number of hydrogen-bond donors (Lipinski definition) is 0. The number of para-hydroxylation sites is 1. The molecule has 8 heteroatoms. The van der Waals surface area contributed by atoms with Crippen LogP contribution < -0.4 is 9.64 Å². The van der Waals surface area contributed by atoms with Crippen molar-refractivity contribution in [2.45, 2.75) is 0 Å². The Morgan fingerprint density at radius 2 is 1.66 bits per heavy atom. The van der Waals surface area contributed by atoms with E-state index in [0.29, 0.717) is 47.6 Å². The van der Waals surface area contributed by atoms with Gasteiger partial charge in [-0.05, 0) is 48.5 Å². The number of benzene rings is 3. The third-order valence-corrected chi connectivity index (χ3v) is 6.66. The van der Waals surface area contributed by atoms with Gasteiger partial charge in [0.05, 0.1) is 29.2 Å². The summed E-state index contributed by atoms with van der Waals surface area (Å²) in [6, 6.07) is 24.6. The molecule has 2 heterocycles. The minimum atomic E-state index is -0.0783. The summed E-state index contributed by atoms with van der Waals surface area (Å²) in [5, 5.41) is 6.08. The highest BCUT2D eigenvalue weighted by atomic mass is 35.5. The van der Waals surface area contributed by atoms with Crippen LogP contribution in [0.5, 0.6) is 5.75 Å². The van der Waals surface area contributed by atoms with Crippen LogP contribution in [0.25, 0.3) is 16.9 Å². The van der Waals surface area contributed by atoms with Gasteiger partial charge in [0, 0.05) is 36.8 Å². The van der Waals surface area contributed by atoms with Crippen LogP contribution in [0.1, 0.15) is 10.5 Å². The standard InChI is InChI=1S/C27H24Cl2N4O2/c1-35-22-9-4-6-19(16-22)24-18-26(33(30-24)21-8-5-7-20(28)17-21)27(34)32-14-12-31(13-15-32)25-11-3-2-10-23(25)29/h2-11,16-18H,12-15H2,1H3. The minimum Gasteiger partial charge on any atom is -0.497 e. The number of halogens is 2. The van der Waals surface area contributed by atoms with Crippen molar-refractivity contribution in [1.29, 1.82) is 0 Å². The average molecular weight is 507 g/mol. The van der Waals surface area contributed by atoms with E-state index < -0.39 is 0 Å². The number of aromatic nitrogens is 2. The zero-order valence-electron chi connectivity index (χ0n) is 19.2. The first-order valence-electron chi connectivity index (χ1n) is 11.3. The molecule has 1 saturated heterocycles. The number of ether oxygens (including phenoxy) is 1. The molecule has 1 aliphatic heterocycles. The SMILES string of the molecule is COc1cccc(-c2cc(C(=O)N3CCN(c4ccccc4Cl)CC3)n(-c3cccc(Cl)c3)n2)c1. The Hall–Kier alpha value is -3.48. The maximum absolute atomic E-state index is 13.7. The summed E-state index contributed by atoms with van der Waals surface area (Å²) >= 11 is 12.6. The van der Waals surface area contributed by atoms with Crippen LogP contribution in [0.2, 0.25) is 10.0 Å². The topological polar surface area (TPSA) is 50.6 Å². The number of anilines is 1. The molecular formula is C27H24Cl2N4O2. The summed E-state index contributed by atoms with van der Waals surface area (Å²) in [5.41, 5.74) is 3.75. The van der Waals surface area contributed by atoms with Gasteiger partial charge in [-0.15, -0.1) is 0 Å². The van der Waals surface area contributed by atoms with Gasteiger partial charge in [0.15, 0.2) is 0 Å². The number of carbonyl (C=O) groups excluding carboxylic acids is 1. The quantitative estimate of drug-likeness (QED) is 0.342. The molecule has 5 rings (SSSR count). The molecule has 0 atom stereocenters. The van der Waals surface area contributed by atoms with Crippen LogP contribution in [-0.2, 0) is 0 Å². The summed E-state index contributed by atoms with van der Waals surface area (Å²) in [6.45, 7) is 2.56. The highest BCUT2D eigenvalue weighted by Crippen LogP contribution is 2.29. The Balaban J connectivity index is 1.45. The summed E-state index contributed by atoms with van der Waals surface area (Å²) in [7, 11) is 1.63. The lowest BCUT2D eigenvalue weighted by molar-refractivity contribution is 0.0737. The van der Waals surface area contributed by atoms with Crippen molar-refractivity contribution in [3.05, 3.63) is 94.6 Å². The molecule has 0 N–H and O–H groups in total. The van der Waals surface area contributed by atoms with Gasteiger partial charge >= 0.3 is 0 Å². The lowest BCUT2D eigenvalue weighted by Crippen LogP contribution is -2.49. The Morgan fingerprint density at radius 1 is 0.886 bits per heavy atom. The molecule has 6 nitrogen and oxygen atoms in total. The van der Waals surface area contributed by atoms with Crippen LogP contribution in [0.4, 0.5) is 5.69 Å². The molecule has 1 fully saturated rings. The normalized spacial score (nSPS) is 13.7. The number of piperazine rings is 1. The Kier molecular flexibility index (Phi) is 6.66. The second-order valence-electron chi connectivity index (χ2n) is 8.27. The third kappa shape index (κ3) is 4.85. The fraction of sp³-hybridized carbons (Fsp3) is 0.185. The van der Waals surface area contributed by atoms with Crippen molar-refractivity contribution in [2.75, 3.05) is 38.2 Å². The number of carbonyl (C=O) groups is 1. The lowest BCUT2D eigenvalue weighted by atomic mass is 10.1. The van der Waals surface area contributed by atoms with Gasteiger partial charge in [-0.3, -0.25) is 4.79 Å². The Labute approximate surface area is 214 Å². The van der Waals surface area contributed by atoms with Crippen LogP contribution in [0, 0.1) is 0 Å². The van der Waals surface area contributed by atoms with E-state index in [-0.39, 0.29) is 5.91 Å². The van der Waals surface area contributed by atoms with Gasteiger partial charge in [0.25, 0.3) is 5.91 Å². The van der Waals surface area contributed by atoms with E-state index in [1.165, 1.54) is 0 Å². The molecule has 0 bridgehead atoms. The van der Waals surface area contributed by atoms with Crippen molar-refractivity contribution >= 4 is 34.8 Å². The maximum Gasteiger partial charge on any atom is 0.272 e. The van der Waals surface area contributed by atoms with Gasteiger partial charge in [0.1, 0.15) is 11.4 Å². The van der Waals surface area contributed by atoms with E-state index in [1.807, 2.05) is 71.6 Å². The van der Waals surface area contributed by atoms with Crippen molar-refractivity contribution in [3.63, 3.8) is 0 Å². The van der Waals surface area contributed by atoms with Crippen LogP contribution >= 0.6 is 23.2 Å². The molecule has 0 unspecified atom stereocenters. The largest absolute Gasteiger partial charge is 0.497 e. The van der Waals surface area contributed by atoms with Gasteiger partial charge < -0.3 is 14.5 Å². The van der Waals surface area contributed by atoms with Crippen molar-refractivity contribution in [2.24, 2.45) is 0 Å². The molecular weight excluding hydrogens is 483 g/mol. The maximum atomic E-state index is 13.7. The highest BCUT2D eigenvalue weighted by molar-refractivity contribution is 6.33. The smallest absolute Gasteiger partial charge is 0.272 e. The molecule has 4 aromatic rings. The first kappa shape index (κ1) is 23.3. The molecule has 35 heavy (non-hydrogen) atoms. The van der Waals surface area contributed by atoms with Gasteiger partial charge in [-0.2, -0.15) is 5.10 Å². The van der Waals surface area contributed by atoms with E-state index in [2.05, 4.69) is 4.90 Å². The molecule has 0 aliphatic carbocycles. The van der Waals surface area contributed by atoms with E-state index in [1.54, 1.807) is 23.9 Å². The fourth-order valence-corrected chi connectivity index (χ4v) is 4.72. The van der Waals surface area contributed by atoms with Crippen molar-refractivity contribution in [1.82, 2.24) is 14.7 Å². The van der Waals surface area contributed by atoms with Gasteiger partial charge in [0.2, 0.25) is 0 Å². The average Bonchev–Trinajstić information content (AvgIpc) is 3.34. The number of methoxy groups -OCH3 is 1. The highest BCUT2D eigenvalue weighted by Gasteiger charge is 2.27. The predicted octanol–water partition coefficient (Wildman–Crippen LogP) is 5.82. The minimum absolute atomic E-state index is 0.0783. The van der Waals surface area contributed by atoms with Crippen molar-refractivity contribution < 1.29 is 9.53 Å². The van der Waals surface area contributed by atoms with E-state index >= 15 is 0 Å². The van der Waals surface area contributed by atoms with E-state index in [9.17, 15) is 4.79 Å². The molecule has 1 aromatic heterocycles. The predicted molar refractivity (Wildman–Crippen MR) is 140 cm³/mol. The summed E-state index contributed by atoms with van der Waals surface area (Å²) in [5.74, 6) is 0.647. The van der Waals surface area contributed by atoms with Crippen molar-refractivity contribution in [3.8, 4) is 22.7 Å². The molecule has 3 aromatic carbocycles. The number of amides is 1. The van der Waals surface area contributed by atoms with Gasteiger partial charge in [-0.25, -0.2) is 4.68 Å². The third-order valence-electron chi connectivity index (χ3n) is 6.11. The molecule has 1 aliphatic rings. The monoisotopic (exact) mass is 506 g/mol. The zero-order valence-corrected chi connectivity index (χ0v) is 20.7. The van der Waals surface area contributed by atoms with E-state index in [0.717, 1.165) is 22.7 Å². The molecule has 0 radical (unpaired) electrons. The second kappa shape index (κ2) is 10.0. The lowest BCUT2D eigenvalue weighted by Gasteiger charge is -2.36. The first-order chi connectivity index (χ1) is 17.0. The fourth-order valence-electron chi connectivity index (χ4n) is 4.28. The Morgan fingerprint density at radius 3 is 2.40 bits per heavy atom. The van der Waals surface area contributed by atoms with E-state index in [4.69, 9.17) is 33.0 Å². The summed E-state index contributed by atoms with van der Waals surface area (Å²) in [6.07, 6.45) is 0. The summed E-state index contributed by atoms with van der Waals surface area (Å²) in [4.78, 5) is 17.8. The molecule has 178 valence electrons. The zero-order chi connectivity index (χ0) is 24.4. The second-order valence-corrected chi connectivity index (χ2v) is 9.11. The van der Waals surface area contributed by atoms with Crippen LogP contribution in [0.3, 0.4) is 0 Å².